The van der Waals surface area contributed by atoms with Crippen LogP contribution in [-0.2, 0) is 7.05 Å². The van der Waals surface area contributed by atoms with Crippen LogP contribution in [0.4, 0.5) is 0 Å². The van der Waals surface area contributed by atoms with E-state index in [2.05, 4.69) is 10.4 Å². The van der Waals surface area contributed by atoms with Gasteiger partial charge in [-0.05, 0) is 25.8 Å². The molecule has 1 aliphatic rings. The lowest BCUT2D eigenvalue weighted by Gasteiger charge is -2.32. The van der Waals surface area contributed by atoms with Crippen molar-refractivity contribution in [2.24, 2.45) is 12.8 Å². The Bertz CT molecular complexity index is 379. The topological polar surface area (TPSA) is 72.9 Å². The first-order valence-corrected chi connectivity index (χ1v) is 5.13. The molecule has 1 aromatic heterocycles. The Morgan fingerprint density at radius 3 is 2.80 bits per heavy atom. The molecule has 0 unspecified atom stereocenters. The van der Waals surface area contributed by atoms with Crippen LogP contribution in [0.5, 0.6) is 0 Å². The van der Waals surface area contributed by atoms with Crippen molar-refractivity contribution in [1.82, 2.24) is 15.1 Å². The second-order valence-electron chi connectivity index (χ2n) is 4.20. The molecule has 1 aliphatic carbocycles. The molecule has 3 N–H and O–H groups in total. The van der Waals surface area contributed by atoms with Gasteiger partial charge in [-0.25, -0.2) is 0 Å². The van der Waals surface area contributed by atoms with Crippen LogP contribution in [0, 0.1) is 6.92 Å². The lowest BCUT2D eigenvalue weighted by Crippen LogP contribution is -2.50. The molecule has 1 saturated carbocycles. The maximum absolute atomic E-state index is 11.8. The van der Waals surface area contributed by atoms with Crippen LogP contribution >= 0.6 is 0 Å². The fourth-order valence-electron chi connectivity index (χ4n) is 1.86. The number of amides is 1. The van der Waals surface area contributed by atoms with Gasteiger partial charge in [0, 0.05) is 19.1 Å². The average Bonchev–Trinajstić information content (AvgIpc) is 2.42. The highest BCUT2D eigenvalue weighted by Gasteiger charge is 2.28. The zero-order valence-corrected chi connectivity index (χ0v) is 9.03. The van der Waals surface area contributed by atoms with E-state index in [1.807, 2.05) is 6.92 Å². The Labute approximate surface area is 88.6 Å². The molecule has 1 aromatic rings. The predicted octanol–water partition coefficient (Wildman–Crippen LogP) is -0.0520. The van der Waals surface area contributed by atoms with Crippen molar-refractivity contribution < 1.29 is 4.79 Å². The van der Waals surface area contributed by atoms with Gasteiger partial charge in [-0.1, -0.05) is 0 Å². The highest BCUT2D eigenvalue weighted by Crippen LogP contribution is 2.17. The molecule has 1 fully saturated rings. The van der Waals surface area contributed by atoms with Gasteiger partial charge in [0.05, 0.1) is 5.69 Å². The van der Waals surface area contributed by atoms with Crippen molar-refractivity contribution in [2.45, 2.75) is 31.8 Å². The molecule has 82 valence electrons. The van der Waals surface area contributed by atoms with Crippen LogP contribution in [-0.4, -0.2) is 27.8 Å². The van der Waals surface area contributed by atoms with E-state index in [0.29, 0.717) is 5.69 Å². The summed E-state index contributed by atoms with van der Waals surface area (Å²) in [5.41, 5.74) is 7.11. The van der Waals surface area contributed by atoms with Crippen LogP contribution < -0.4 is 11.1 Å². The van der Waals surface area contributed by atoms with Crippen LogP contribution in [0.15, 0.2) is 6.07 Å². The van der Waals surface area contributed by atoms with Crippen molar-refractivity contribution >= 4 is 5.91 Å². The lowest BCUT2D eigenvalue weighted by atomic mass is 9.87. The van der Waals surface area contributed by atoms with E-state index in [4.69, 9.17) is 5.73 Å². The van der Waals surface area contributed by atoms with Crippen LogP contribution in [0.3, 0.4) is 0 Å². The first-order valence-electron chi connectivity index (χ1n) is 5.13. The van der Waals surface area contributed by atoms with E-state index < -0.39 is 0 Å². The van der Waals surface area contributed by atoms with Gasteiger partial charge >= 0.3 is 0 Å². The van der Waals surface area contributed by atoms with E-state index in [1.165, 1.54) is 0 Å². The Morgan fingerprint density at radius 2 is 2.33 bits per heavy atom. The molecule has 1 heterocycles. The molecule has 0 radical (unpaired) electrons. The zero-order chi connectivity index (χ0) is 11.0. The molecule has 5 nitrogen and oxygen atoms in total. The summed E-state index contributed by atoms with van der Waals surface area (Å²) in [6.07, 6.45) is 1.76. The van der Waals surface area contributed by atoms with E-state index in [0.717, 1.165) is 18.5 Å². The maximum atomic E-state index is 11.8. The smallest absolute Gasteiger partial charge is 0.269 e. The van der Waals surface area contributed by atoms with Gasteiger partial charge in [-0.3, -0.25) is 9.48 Å². The SMILES string of the molecule is Cc1cc(C(=O)NC2CC(N)C2)n(C)n1. The van der Waals surface area contributed by atoms with E-state index >= 15 is 0 Å². The standard InChI is InChI=1S/C10H16N4O/c1-6-3-9(14(2)13-6)10(15)12-8-4-7(11)5-8/h3,7-8H,4-5,11H2,1-2H3,(H,12,15). The third-order valence-electron chi connectivity index (χ3n) is 2.74. The molecule has 0 aliphatic heterocycles. The number of carbonyl (C=O) groups is 1. The highest BCUT2D eigenvalue weighted by atomic mass is 16.2. The number of hydrogen-bond acceptors (Lipinski definition) is 3. The Hall–Kier alpha value is -1.36. The number of nitrogens with one attached hydrogen (secondary N) is 1. The maximum Gasteiger partial charge on any atom is 0.269 e. The van der Waals surface area contributed by atoms with Crippen molar-refractivity contribution in [3.8, 4) is 0 Å². The third-order valence-corrected chi connectivity index (χ3v) is 2.74. The van der Waals surface area contributed by atoms with Crippen molar-refractivity contribution in [2.75, 3.05) is 0 Å². The number of aromatic nitrogens is 2. The van der Waals surface area contributed by atoms with Crippen molar-refractivity contribution in [1.29, 1.82) is 0 Å². The molecule has 0 saturated heterocycles. The monoisotopic (exact) mass is 208 g/mol. The normalized spacial score (nSPS) is 24.7. The van der Waals surface area contributed by atoms with E-state index in [9.17, 15) is 4.79 Å². The van der Waals surface area contributed by atoms with Crippen LogP contribution in [0.2, 0.25) is 0 Å². The van der Waals surface area contributed by atoms with Crippen molar-refractivity contribution in [3.05, 3.63) is 17.5 Å². The number of carbonyl (C=O) groups excluding carboxylic acids is 1. The Morgan fingerprint density at radius 1 is 1.67 bits per heavy atom. The van der Waals surface area contributed by atoms with Gasteiger partial charge in [0.1, 0.15) is 5.69 Å². The number of nitrogens with two attached hydrogens (primary N) is 1. The average molecular weight is 208 g/mol. The van der Waals surface area contributed by atoms with Crippen LogP contribution in [0.1, 0.15) is 29.0 Å². The summed E-state index contributed by atoms with van der Waals surface area (Å²) < 4.78 is 1.60. The number of rotatable bonds is 2. The summed E-state index contributed by atoms with van der Waals surface area (Å²) in [4.78, 5) is 11.8. The highest BCUT2D eigenvalue weighted by molar-refractivity contribution is 5.92. The summed E-state index contributed by atoms with van der Waals surface area (Å²) in [5.74, 6) is -0.0602. The quantitative estimate of drug-likeness (QED) is 0.715. The lowest BCUT2D eigenvalue weighted by molar-refractivity contribution is 0.0900. The summed E-state index contributed by atoms with van der Waals surface area (Å²) >= 11 is 0. The van der Waals surface area contributed by atoms with E-state index in [1.54, 1.807) is 17.8 Å². The molecule has 2 rings (SSSR count). The zero-order valence-electron chi connectivity index (χ0n) is 9.03. The first-order chi connectivity index (χ1) is 7.06. The van der Waals surface area contributed by atoms with Gasteiger partial charge in [-0.15, -0.1) is 0 Å². The molecule has 0 atom stereocenters. The molecular weight excluding hydrogens is 192 g/mol. The molecule has 5 heteroatoms. The molecule has 0 aromatic carbocycles. The van der Waals surface area contributed by atoms with Crippen LogP contribution in [0.25, 0.3) is 0 Å². The summed E-state index contributed by atoms with van der Waals surface area (Å²) in [7, 11) is 1.77. The summed E-state index contributed by atoms with van der Waals surface area (Å²) in [5, 5.41) is 7.07. The van der Waals surface area contributed by atoms with Gasteiger partial charge in [0.25, 0.3) is 5.91 Å². The van der Waals surface area contributed by atoms with Gasteiger partial charge < -0.3 is 11.1 Å². The second kappa shape index (κ2) is 3.66. The third kappa shape index (κ3) is 2.02. The minimum absolute atomic E-state index is 0.0602. The fraction of sp³-hybridized carbons (Fsp3) is 0.600. The van der Waals surface area contributed by atoms with E-state index in [-0.39, 0.29) is 18.0 Å². The van der Waals surface area contributed by atoms with Gasteiger partial charge in [0.15, 0.2) is 0 Å². The molecule has 15 heavy (non-hydrogen) atoms. The number of nitrogens with zero attached hydrogens (tertiary/aromatic N) is 2. The predicted molar refractivity (Wildman–Crippen MR) is 56.4 cm³/mol. The molecule has 0 spiro atoms. The summed E-state index contributed by atoms with van der Waals surface area (Å²) in [6.45, 7) is 1.87. The minimum Gasteiger partial charge on any atom is -0.348 e. The first kappa shape index (κ1) is 10.2. The number of hydrogen-bond donors (Lipinski definition) is 2. The van der Waals surface area contributed by atoms with Crippen molar-refractivity contribution in [3.63, 3.8) is 0 Å². The Kier molecular flexibility index (Phi) is 2.48. The summed E-state index contributed by atoms with van der Waals surface area (Å²) in [6, 6.07) is 2.28. The molecule has 1 amide bonds. The Balaban J connectivity index is 1.99. The molecular formula is C10H16N4O. The second-order valence-corrected chi connectivity index (χ2v) is 4.20. The minimum atomic E-state index is -0.0602. The van der Waals surface area contributed by atoms with Gasteiger partial charge in [0.2, 0.25) is 0 Å². The number of aryl methyl sites for hydroxylation is 2. The van der Waals surface area contributed by atoms with Gasteiger partial charge in [-0.2, -0.15) is 5.10 Å². The fourth-order valence-corrected chi connectivity index (χ4v) is 1.86. The molecule has 0 bridgehead atoms. The largest absolute Gasteiger partial charge is 0.348 e.